The summed E-state index contributed by atoms with van der Waals surface area (Å²) in [5.41, 5.74) is 4.89. The van der Waals surface area contributed by atoms with E-state index in [1.165, 1.54) is 0 Å². The number of hydrazine groups is 1. The fraction of sp³-hybridized carbons (Fsp3) is 0.778. The zero-order valence-electron chi connectivity index (χ0n) is 8.01. The van der Waals surface area contributed by atoms with Crippen molar-refractivity contribution in [1.82, 2.24) is 16.2 Å². The maximum Gasteiger partial charge on any atom is 0.255 e. The molecule has 0 radical (unpaired) electrons. The summed E-state index contributed by atoms with van der Waals surface area (Å²) in [7, 11) is 0. The molecule has 3 N–H and O–H groups in total. The predicted molar refractivity (Wildman–Crippen MR) is 50.0 cm³/mol. The van der Waals surface area contributed by atoms with Crippen molar-refractivity contribution in [3.63, 3.8) is 0 Å². The molecule has 1 aliphatic heterocycles. The van der Waals surface area contributed by atoms with Crippen LogP contribution in [0.1, 0.15) is 25.7 Å². The minimum atomic E-state index is -0.130. The molecule has 14 heavy (non-hydrogen) atoms. The lowest BCUT2D eigenvalue weighted by atomic mass is 10.2. The molecule has 1 saturated heterocycles. The van der Waals surface area contributed by atoms with E-state index in [1.807, 2.05) is 0 Å². The fourth-order valence-electron chi connectivity index (χ4n) is 1.57. The zero-order chi connectivity index (χ0) is 9.97. The van der Waals surface area contributed by atoms with E-state index < -0.39 is 0 Å². The molecule has 1 atom stereocenters. The minimum Gasteiger partial charge on any atom is -0.306 e. The highest BCUT2D eigenvalue weighted by molar-refractivity contribution is 5.87. The Kier molecular flexibility index (Phi) is 2.67. The highest BCUT2D eigenvalue weighted by atomic mass is 16.2. The summed E-state index contributed by atoms with van der Waals surface area (Å²) in [4.78, 5) is 22.6. The van der Waals surface area contributed by atoms with E-state index in [-0.39, 0.29) is 23.8 Å². The molecule has 78 valence electrons. The van der Waals surface area contributed by atoms with Gasteiger partial charge in [0, 0.05) is 5.92 Å². The second kappa shape index (κ2) is 3.96. The second-order valence-electron chi connectivity index (χ2n) is 3.90. The molecule has 0 spiro atoms. The third-order valence-corrected chi connectivity index (χ3v) is 2.63. The van der Waals surface area contributed by atoms with Crippen molar-refractivity contribution >= 4 is 11.8 Å². The zero-order valence-corrected chi connectivity index (χ0v) is 8.01. The van der Waals surface area contributed by atoms with E-state index in [1.54, 1.807) is 0 Å². The lowest BCUT2D eigenvalue weighted by Gasteiger charge is -2.11. The van der Waals surface area contributed by atoms with E-state index >= 15 is 0 Å². The number of hydrogen-bond donors (Lipinski definition) is 3. The molecule has 1 aliphatic carbocycles. The maximum absolute atomic E-state index is 11.4. The molecule has 0 aromatic rings. The van der Waals surface area contributed by atoms with Gasteiger partial charge in [0.25, 0.3) is 5.91 Å². The van der Waals surface area contributed by atoms with Gasteiger partial charge in [-0.15, -0.1) is 0 Å². The van der Waals surface area contributed by atoms with Crippen molar-refractivity contribution in [1.29, 1.82) is 0 Å². The minimum absolute atomic E-state index is 0.0589. The van der Waals surface area contributed by atoms with E-state index in [0.717, 1.165) is 32.2 Å². The molecule has 0 bridgehead atoms. The Morgan fingerprint density at radius 1 is 1.07 bits per heavy atom. The molecule has 5 heteroatoms. The number of hydrogen-bond acceptors (Lipinski definition) is 3. The van der Waals surface area contributed by atoms with Gasteiger partial charge in [-0.05, 0) is 32.2 Å². The molecule has 2 rings (SSSR count). The van der Waals surface area contributed by atoms with Gasteiger partial charge in [-0.2, -0.15) is 0 Å². The molecule has 0 aromatic heterocycles. The largest absolute Gasteiger partial charge is 0.306 e. The number of carbonyl (C=O) groups is 2. The average molecular weight is 197 g/mol. The van der Waals surface area contributed by atoms with Crippen molar-refractivity contribution in [2.24, 2.45) is 5.92 Å². The number of carbonyl (C=O) groups excluding carboxylic acids is 2. The highest BCUT2D eigenvalue weighted by Crippen LogP contribution is 2.28. The average Bonchev–Trinajstić information content (AvgIpc) is 2.90. The lowest BCUT2D eigenvalue weighted by Crippen LogP contribution is -2.49. The summed E-state index contributed by atoms with van der Waals surface area (Å²) in [6.45, 7) is 0.884. The third kappa shape index (κ3) is 2.23. The molecule has 0 aromatic carbocycles. The van der Waals surface area contributed by atoms with Gasteiger partial charge in [-0.3, -0.25) is 20.4 Å². The highest BCUT2D eigenvalue weighted by Gasteiger charge is 2.30. The van der Waals surface area contributed by atoms with Crippen LogP contribution in [0.3, 0.4) is 0 Å². The van der Waals surface area contributed by atoms with Crippen molar-refractivity contribution in [2.45, 2.75) is 31.7 Å². The Balaban J connectivity index is 1.68. The summed E-state index contributed by atoms with van der Waals surface area (Å²) < 4.78 is 0. The van der Waals surface area contributed by atoms with E-state index in [0.29, 0.717) is 0 Å². The first kappa shape index (κ1) is 9.45. The van der Waals surface area contributed by atoms with Gasteiger partial charge in [0.2, 0.25) is 5.91 Å². The van der Waals surface area contributed by atoms with E-state index in [2.05, 4.69) is 16.2 Å². The SMILES string of the molecule is O=C(NNC(=O)C1CCCN1)C1CC1. The molecule has 5 nitrogen and oxygen atoms in total. The Labute approximate surface area is 82.6 Å². The standard InChI is InChI=1S/C9H15N3O2/c13-8(6-3-4-6)11-12-9(14)7-2-1-5-10-7/h6-7,10H,1-5H2,(H,11,13)(H,12,14). The predicted octanol–water partition coefficient (Wildman–Crippen LogP) is -0.704. The Hall–Kier alpha value is -1.10. The topological polar surface area (TPSA) is 70.2 Å². The molecule has 2 fully saturated rings. The lowest BCUT2D eigenvalue weighted by molar-refractivity contribution is -0.130. The van der Waals surface area contributed by atoms with Crippen LogP contribution in [0.25, 0.3) is 0 Å². The van der Waals surface area contributed by atoms with Gasteiger partial charge in [0.05, 0.1) is 6.04 Å². The van der Waals surface area contributed by atoms with Crippen LogP contribution in [0.15, 0.2) is 0 Å². The third-order valence-electron chi connectivity index (χ3n) is 2.63. The van der Waals surface area contributed by atoms with Gasteiger partial charge in [0.1, 0.15) is 0 Å². The molecule has 1 heterocycles. The van der Waals surface area contributed by atoms with Crippen LogP contribution in [0.5, 0.6) is 0 Å². The molecule has 1 unspecified atom stereocenters. The van der Waals surface area contributed by atoms with Gasteiger partial charge in [0.15, 0.2) is 0 Å². The van der Waals surface area contributed by atoms with E-state index in [9.17, 15) is 9.59 Å². The van der Waals surface area contributed by atoms with Gasteiger partial charge < -0.3 is 5.32 Å². The van der Waals surface area contributed by atoms with Crippen LogP contribution < -0.4 is 16.2 Å². The van der Waals surface area contributed by atoms with Crippen LogP contribution >= 0.6 is 0 Å². The second-order valence-corrected chi connectivity index (χ2v) is 3.90. The first-order valence-electron chi connectivity index (χ1n) is 5.10. The molecule has 1 saturated carbocycles. The van der Waals surface area contributed by atoms with Gasteiger partial charge in [-0.1, -0.05) is 0 Å². The molecular weight excluding hydrogens is 182 g/mol. The Morgan fingerprint density at radius 2 is 1.79 bits per heavy atom. The Bertz CT molecular complexity index is 244. The summed E-state index contributed by atoms with van der Waals surface area (Å²) >= 11 is 0. The molecule has 2 amide bonds. The van der Waals surface area contributed by atoms with Crippen LogP contribution in [-0.2, 0) is 9.59 Å². The number of rotatable bonds is 2. The first-order valence-corrected chi connectivity index (χ1v) is 5.10. The summed E-state index contributed by atoms with van der Waals surface area (Å²) in [5, 5.41) is 3.06. The fourth-order valence-corrected chi connectivity index (χ4v) is 1.57. The van der Waals surface area contributed by atoms with Crippen LogP contribution in [0.4, 0.5) is 0 Å². The van der Waals surface area contributed by atoms with Crippen LogP contribution in [0.2, 0.25) is 0 Å². The van der Waals surface area contributed by atoms with E-state index in [4.69, 9.17) is 0 Å². The summed E-state index contributed by atoms with van der Waals surface area (Å²) in [6, 6.07) is -0.130. The normalized spacial score (nSPS) is 25.9. The van der Waals surface area contributed by atoms with Crippen molar-refractivity contribution in [2.75, 3.05) is 6.54 Å². The summed E-state index contributed by atoms with van der Waals surface area (Å²) in [5.74, 6) is -0.0558. The van der Waals surface area contributed by atoms with Crippen molar-refractivity contribution < 1.29 is 9.59 Å². The monoisotopic (exact) mass is 197 g/mol. The maximum atomic E-state index is 11.4. The Morgan fingerprint density at radius 3 is 2.36 bits per heavy atom. The van der Waals surface area contributed by atoms with Gasteiger partial charge >= 0.3 is 0 Å². The number of amides is 2. The molecular formula is C9H15N3O2. The van der Waals surface area contributed by atoms with Crippen molar-refractivity contribution in [3.05, 3.63) is 0 Å². The van der Waals surface area contributed by atoms with Gasteiger partial charge in [-0.25, -0.2) is 0 Å². The van der Waals surface area contributed by atoms with Crippen LogP contribution in [-0.4, -0.2) is 24.4 Å². The quantitative estimate of drug-likeness (QED) is 0.512. The molecule has 2 aliphatic rings. The number of nitrogens with one attached hydrogen (secondary N) is 3. The van der Waals surface area contributed by atoms with Crippen molar-refractivity contribution in [3.8, 4) is 0 Å². The summed E-state index contributed by atoms with van der Waals surface area (Å²) in [6.07, 6.45) is 3.77. The van der Waals surface area contributed by atoms with Crippen LogP contribution in [0, 0.1) is 5.92 Å². The smallest absolute Gasteiger partial charge is 0.255 e. The first-order chi connectivity index (χ1) is 6.77.